The summed E-state index contributed by atoms with van der Waals surface area (Å²) in [6.45, 7) is 11.1. The van der Waals surface area contributed by atoms with Gasteiger partial charge in [0.1, 0.15) is 6.54 Å². The molecule has 0 bridgehead atoms. The fourth-order valence-corrected chi connectivity index (χ4v) is 9.08. The second-order valence-electron chi connectivity index (χ2n) is 15.9. The van der Waals surface area contributed by atoms with Gasteiger partial charge in [-0.3, -0.25) is 13.2 Å². The van der Waals surface area contributed by atoms with Gasteiger partial charge in [-0.05, 0) is 87.7 Å². The van der Waals surface area contributed by atoms with Gasteiger partial charge in [-0.15, -0.1) is 0 Å². The Balaban J connectivity index is 1.19. The number of hydrogen-bond donors (Lipinski definition) is 1. The minimum Gasteiger partial charge on any atom is -0.774 e. The van der Waals surface area contributed by atoms with Crippen LogP contribution >= 0.6 is 0 Å². The molecule has 0 saturated carbocycles. The van der Waals surface area contributed by atoms with Crippen molar-refractivity contribution >= 4 is 54.7 Å². The highest BCUT2D eigenvalue weighted by molar-refractivity contribution is 7.87. The number of allylic oxidation sites excluding steroid dienone is 8. The Kier molecular flexibility index (Phi) is 13.4. The van der Waals surface area contributed by atoms with E-state index in [2.05, 4.69) is 150 Å². The third-order valence-electron chi connectivity index (χ3n) is 11.3. The van der Waals surface area contributed by atoms with Crippen molar-refractivity contribution in [2.45, 2.75) is 77.0 Å². The van der Waals surface area contributed by atoms with Crippen molar-refractivity contribution < 1.29 is 22.3 Å². The normalized spacial score (nSPS) is 16.6. The Hall–Kier alpha value is -5.48. The van der Waals surface area contributed by atoms with Crippen LogP contribution in [0.5, 0.6) is 0 Å². The first-order chi connectivity index (χ1) is 27.8. The predicted molar refractivity (Wildman–Crippen MR) is 235 cm³/mol. The van der Waals surface area contributed by atoms with Crippen molar-refractivity contribution in [3.8, 4) is 0 Å². The SMILES string of the molecule is CC1(C)C(=CC=CC=CC=CC2=[N+](CCCCCC(=O)NCCN=[N+]=[N-])c3ccc4ccccc4c3C2(C)C)N(CCC[CH-]S(=O)(=O)[O-])c2ccc3ccccc3c21. The third kappa shape index (κ3) is 9.45. The molecule has 0 radical (unpaired) electrons. The monoisotopic (exact) mass is 797 g/mol. The van der Waals surface area contributed by atoms with Crippen LogP contribution in [0, 0.1) is 5.75 Å². The maximum absolute atomic E-state index is 12.2. The Morgan fingerprint density at radius 2 is 1.53 bits per heavy atom. The lowest BCUT2D eigenvalue weighted by Gasteiger charge is -2.28. The molecule has 0 atom stereocenters. The molecule has 58 heavy (non-hydrogen) atoms. The van der Waals surface area contributed by atoms with Gasteiger partial charge in [-0.25, -0.2) is 5.75 Å². The number of benzene rings is 4. The molecular formula is C47H53N6O4S-. The van der Waals surface area contributed by atoms with Gasteiger partial charge in [0.2, 0.25) is 11.6 Å². The molecule has 0 fully saturated rings. The van der Waals surface area contributed by atoms with E-state index in [1.165, 1.54) is 44.1 Å². The summed E-state index contributed by atoms with van der Waals surface area (Å²) in [5.74, 6) is 0.846. The maximum Gasteiger partial charge on any atom is 0.219 e. The van der Waals surface area contributed by atoms with E-state index in [0.29, 0.717) is 25.9 Å². The van der Waals surface area contributed by atoms with Crippen LogP contribution in [-0.2, 0) is 25.7 Å². The highest BCUT2D eigenvalue weighted by Gasteiger charge is 2.45. The van der Waals surface area contributed by atoms with Crippen LogP contribution in [0.4, 0.5) is 11.4 Å². The van der Waals surface area contributed by atoms with E-state index in [0.717, 1.165) is 42.9 Å². The second kappa shape index (κ2) is 18.4. The van der Waals surface area contributed by atoms with Crippen LogP contribution < -0.4 is 10.2 Å². The van der Waals surface area contributed by atoms with Crippen molar-refractivity contribution in [3.63, 3.8) is 0 Å². The molecule has 0 spiro atoms. The third-order valence-corrected chi connectivity index (χ3v) is 11.9. The Labute approximate surface area is 342 Å². The van der Waals surface area contributed by atoms with Gasteiger partial charge < -0.3 is 14.8 Å². The number of unbranched alkanes of at least 4 members (excludes halogenated alkanes) is 3. The number of azide groups is 1. The minimum absolute atomic E-state index is 0.0204. The molecule has 0 saturated heterocycles. The molecule has 2 heterocycles. The first-order valence-corrected chi connectivity index (χ1v) is 21.6. The van der Waals surface area contributed by atoms with Crippen LogP contribution in [0.1, 0.15) is 77.3 Å². The summed E-state index contributed by atoms with van der Waals surface area (Å²) >= 11 is 0. The van der Waals surface area contributed by atoms with Gasteiger partial charge in [0.15, 0.2) is 5.71 Å². The van der Waals surface area contributed by atoms with E-state index in [4.69, 9.17) is 5.53 Å². The number of nitrogens with zero attached hydrogens (tertiary/aromatic N) is 5. The van der Waals surface area contributed by atoms with Gasteiger partial charge in [0.25, 0.3) is 0 Å². The second-order valence-corrected chi connectivity index (χ2v) is 17.2. The smallest absolute Gasteiger partial charge is 0.219 e. The van der Waals surface area contributed by atoms with E-state index < -0.39 is 10.1 Å². The molecule has 2 aliphatic heterocycles. The number of fused-ring (bicyclic) bond motifs is 6. The van der Waals surface area contributed by atoms with Gasteiger partial charge in [0, 0.05) is 71.9 Å². The Morgan fingerprint density at radius 3 is 2.26 bits per heavy atom. The van der Waals surface area contributed by atoms with E-state index >= 15 is 0 Å². The molecule has 0 aromatic heterocycles. The zero-order valence-electron chi connectivity index (χ0n) is 33.9. The van der Waals surface area contributed by atoms with Crippen LogP contribution in [0.2, 0.25) is 0 Å². The lowest BCUT2D eigenvalue weighted by atomic mass is 9.79. The maximum atomic E-state index is 12.2. The fourth-order valence-electron chi connectivity index (χ4n) is 8.63. The van der Waals surface area contributed by atoms with E-state index in [1.807, 2.05) is 18.2 Å². The van der Waals surface area contributed by atoms with Crippen molar-refractivity contribution in [1.29, 1.82) is 0 Å². The summed E-state index contributed by atoms with van der Waals surface area (Å²) in [5, 5.41) is 11.1. The first kappa shape index (κ1) is 42.1. The average Bonchev–Trinajstić information content (AvgIpc) is 3.55. The predicted octanol–water partition coefficient (Wildman–Crippen LogP) is 10.2. The number of amides is 1. The van der Waals surface area contributed by atoms with Gasteiger partial charge in [-0.2, -0.15) is 11.0 Å². The van der Waals surface area contributed by atoms with Crippen molar-refractivity contribution in [2.75, 3.05) is 31.1 Å². The zero-order chi connectivity index (χ0) is 41.3. The number of hydrogen-bond acceptors (Lipinski definition) is 6. The van der Waals surface area contributed by atoms with E-state index in [-0.39, 0.29) is 29.7 Å². The van der Waals surface area contributed by atoms with Crippen molar-refractivity contribution in [3.05, 3.63) is 148 Å². The quantitative estimate of drug-likeness (QED) is 0.0156. The molecule has 10 nitrogen and oxygen atoms in total. The van der Waals surface area contributed by atoms with E-state index in [9.17, 15) is 17.8 Å². The van der Waals surface area contributed by atoms with Gasteiger partial charge in [-0.1, -0.05) is 110 Å². The summed E-state index contributed by atoms with van der Waals surface area (Å²) in [6, 6.07) is 25.7. The summed E-state index contributed by atoms with van der Waals surface area (Å²) in [6.07, 6.45) is 18.4. The molecule has 2 aliphatic rings. The molecule has 6 rings (SSSR count). The number of carbonyl (C=O) groups excluding carboxylic acids is 1. The fraction of sp³-hybridized carbons (Fsp3) is 0.340. The highest BCUT2D eigenvalue weighted by atomic mass is 32.2. The Bertz CT molecular complexity index is 2490. The summed E-state index contributed by atoms with van der Waals surface area (Å²) in [5.41, 5.74) is 15.1. The van der Waals surface area contributed by atoms with Crippen molar-refractivity contribution in [2.24, 2.45) is 5.11 Å². The standard InChI is InChI=1S/C47H54N6O4S/c1-46(2)41(52(32-16-8-11-25-43(54)49-30-31-50-51-48)39-28-26-35-19-12-14-21-37(35)44(39)46)23-9-6-5-7-10-24-42-47(3,4)45-38-22-15-13-20-36(38)27-29-40(45)53(42)33-17-18-34-58(55,56)57/h5-7,9-10,12-15,19-24,26-29,34H,8,11,16-18,25,30-33H2,1-4H3,(H,49,54)(H,55,56,57)/p-1. The largest absolute Gasteiger partial charge is 0.774 e. The summed E-state index contributed by atoms with van der Waals surface area (Å²) < 4.78 is 36.2. The number of anilines is 1. The molecule has 0 unspecified atom stereocenters. The van der Waals surface area contributed by atoms with Gasteiger partial charge >= 0.3 is 0 Å². The molecular weight excluding hydrogens is 745 g/mol. The molecule has 4 aromatic rings. The number of rotatable bonds is 18. The number of nitrogens with one attached hydrogen (secondary N) is 1. The molecule has 0 aliphatic carbocycles. The molecule has 1 amide bonds. The summed E-state index contributed by atoms with van der Waals surface area (Å²) in [7, 11) is -4.38. The van der Waals surface area contributed by atoms with Gasteiger partial charge in [0.05, 0.1) is 5.41 Å². The van der Waals surface area contributed by atoms with Crippen LogP contribution in [-0.4, -0.2) is 55.3 Å². The minimum atomic E-state index is -4.38. The molecule has 11 heteroatoms. The molecule has 1 N–H and O–H groups in total. The van der Waals surface area contributed by atoms with Crippen LogP contribution in [0.3, 0.4) is 0 Å². The lowest BCUT2D eigenvalue weighted by molar-refractivity contribution is -0.438. The van der Waals surface area contributed by atoms with Crippen LogP contribution in [0.15, 0.2) is 126 Å². The average molecular weight is 798 g/mol. The Morgan fingerprint density at radius 1 is 0.862 bits per heavy atom. The van der Waals surface area contributed by atoms with Crippen LogP contribution in [0.25, 0.3) is 32.0 Å². The lowest BCUT2D eigenvalue weighted by Crippen LogP contribution is -2.28. The summed E-state index contributed by atoms with van der Waals surface area (Å²) in [4.78, 5) is 17.2. The topological polar surface area (TPSA) is 141 Å². The zero-order valence-corrected chi connectivity index (χ0v) is 34.7. The number of carbonyl (C=O) groups is 1. The molecule has 302 valence electrons. The highest BCUT2D eigenvalue weighted by Crippen LogP contribution is 2.51. The van der Waals surface area contributed by atoms with Crippen molar-refractivity contribution in [1.82, 2.24) is 5.32 Å². The van der Waals surface area contributed by atoms with E-state index in [1.54, 1.807) is 0 Å². The first-order valence-electron chi connectivity index (χ1n) is 20.1. The molecule has 4 aromatic carbocycles.